The smallest absolute Gasteiger partial charge is 0.305 e. The molecule has 0 spiro atoms. The Morgan fingerprint density at radius 2 is 1.60 bits per heavy atom. The average Bonchev–Trinajstić information content (AvgIpc) is 2.80. The summed E-state index contributed by atoms with van der Waals surface area (Å²) in [6.07, 6.45) is 3.03. The van der Waals surface area contributed by atoms with Crippen LogP contribution in [0.5, 0.6) is 0 Å². The van der Waals surface area contributed by atoms with Gasteiger partial charge < -0.3 is 26.4 Å². The molecule has 0 saturated carbocycles. The molecule has 0 aromatic heterocycles. The summed E-state index contributed by atoms with van der Waals surface area (Å²) < 4.78 is 0. The molecule has 4 amide bonds. The minimum atomic E-state index is -1.05. The molecule has 3 atom stereocenters. The number of carboxylic acid groups (broad SMARTS) is 1. The maximum Gasteiger partial charge on any atom is 0.305 e. The van der Waals surface area contributed by atoms with Gasteiger partial charge in [-0.15, -0.1) is 0 Å². The van der Waals surface area contributed by atoms with Crippen molar-refractivity contribution < 1.29 is 29.1 Å². The summed E-state index contributed by atoms with van der Waals surface area (Å²) in [7, 11) is 0. The first-order valence-electron chi connectivity index (χ1n) is 11.5. The van der Waals surface area contributed by atoms with E-state index in [1.807, 2.05) is 50.4 Å². The van der Waals surface area contributed by atoms with E-state index in [2.05, 4.69) is 21.3 Å². The van der Waals surface area contributed by atoms with Crippen LogP contribution in [-0.2, 0) is 30.4 Å². The molecule has 1 aromatic carbocycles. The molecule has 1 rings (SSSR count). The molecule has 0 bridgehead atoms. The number of amides is 4. The lowest BCUT2D eigenvalue weighted by Crippen LogP contribution is -2.57. The van der Waals surface area contributed by atoms with E-state index in [4.69, 9.17) is 5.11 Å². The number of hydrogen-bond donors (Lipinski definition) is 5. The van der Waals surface area contributed by atoms with Crippen molar-refractivity contribution in [1.82, 2.24) is 21.3 Å². The largest absolute Gasteiger partial charge is 0.481 e. The van der Waals surface area contributed by atoms with Crippen molar-refractivity contribution in [3.8, 4) is 0 Å². The molecule has 5 N–H and O–H groups in total. The molecule has 10 nitrogen and oxygen atoms in total. The monoisotopic (exact) mass is 508 g/mol. The fourth-order valence-electron chi connectivity index (χ4n) is 3.33. The lowest BCUT2D eigenvalue weighted by molar-refractivity contribution is -0.137. The zero-order valence-corrected chi connectivity index (χ0v) is 21.2. The van der Waals surface area contributed by atoms with Gasteiger partial charge in [0.25, 0.3) is 0 Å². The first-order valence-corrected chi connectivity index (χ1v) is 12.9. The second-order valence-electron chi connectivity index (χ2n) is 8.49. The highest BCUT2D eigenvalue weighted by Gasteiger charge is 2.29. The molecule has 0 saturated heterocycles. The number of thioether (sulfide) groups is 1. The Labute approximate surface area is 210 Å². The Morgan fingerprint density at radius 3 is 2.17 bits per heavy atom. The number of nitrogens with one attached hydrogen (secondary N) is 4. The van der Waals surface area contributed by atoms with Crippen LogP contribution in [-0.4, -0.2) is 71.9 Å². The fourth-order valence-corrected chi connectivity index (χ4v) is 3.80. The van der Waals surface area contributed by atoms with E-state index in [0.29, 0.717) is 25.0 Å². The van der Waals surface area contributed by atoms with E-state index in [1.54, 1.807) is 0 Å². The van der Waals surface area contributed by atoms with Crippen molar-refractivity contribution in [2.45, 2.75) is 57.7 Å². The fraction of sp³-hybridized carbons (Fsp3) is 0.542. The molecule has 0 heterocycles. The number of carbonyl (C=O) groups is 5. The number of rotatable bonds is 17. The summed E-state index contributed by atoms with van der Waals surface area (Å²) in [6.45, 7) is 3.73. The van der Waals surface area contributed by atoms with Gasteiger partial charge in [0, 0.05) is 13.0 Å². The molecule has 0 fully saturated rings. The Balaban J connectivity index is 3.00. The molecule has 0 radical (unpaired) electrons. The Morgan fingerprint density at radius 1 is 0.971 bits per heavy atom. The van der Waals surface area contributed by atoms with Crippen LogP contribution in [0.1, 0.15) is 38.7 Å². The Bertz CT molecular complexity index is 837. The van der Waals surface area contributed by atoms with Crippen LogP contribution in [0.2, 0.25) is 0 Å². The van der Waals surface area contributed by atoms with E-state index in [1.165, 1.54) is 11.8 Å². The normalized spacial score (nSPS) is 13.3. The van der Waals surface area contributed by atoms with Crippen molar-refractivity contribution >= 4 is 41.9 Å². The van der Waals surface area contributed by atoms with Crippen LogP contribution in [0.3, 0.4) is 0 Å². The zero-order valence-electron chi connectivity index (χ0n) is 20.4. The molecule has 1 aromatic rings. The summed E-state index contributed by atoms with van der Waals surface area (Å²) in [5.41, 5.74) is 0.808. The molecule has 0 aliphatic carbocycles. The predicted octanol–water partition coefficient (Wildman–Crippen LogP) is 0.703. The van der Waals surface area contributed by atoms with Gasteiger partial charge in [0.2, 0.25) is 24.1 Å². The molecular formula is C24H36N4O6S. The minimum absolute atomic E-state index is 0.0618. The van der Waals surface area contributed by atoms with Crippen LogP contribution in [0.15, 0.2) is 30.3 Å². The molecule has 0 aliphatic rings. The average molecular weight is 509 g/mol. The van der Waals surface area contributed by atoms with Gasteiger partial charge in [-0.25, -0.2) is 0 Å². The third-order valence-electron chi connectivity index (χ3n) is 5.09. The van der Waals surface area contributed by atoms with Gasteiger partial charge in [0.15, 0.2) is 0 Å². The predicted molar refractivity (Wildman–Crippen MR) is 135 cm³/mol. The van der Waals surface area contributed by atoms with Gasteiger partial charge in [-0.2, -0.15) is 11.8 Å². The van der Waals surface area contributed by atoms with Crippen LogP contribution in [0.25, 0.3) is 0 Å². The van der Waals surface area contributed by atoms with E-state index < -0.39 is 41.8 Å². The van der Waals surface area contributed by atoms with Crippen molar-refractivity contribution in [3.63, 3.8) is 0 Å². The van der Waals surface area contributed by atoms with E-state index in [-0.39, 0.29) is 25.3 Å². The van der Waals surface area contributed by atoms with Crippen molar-refractivity contribution in [2.24, 2.45) is 5.92 Å². The summed E-state index contributed by atoms with van der Waals surface area (Å²) in [5, 5.41) is 19.3. The summed E-state index contributed by atoms with van der Waals surface area (Å²) in [5.74, 6) is -1.86. The van der Waals surface area contributed by atoms with E-state index in [9.17, 15) is 24.0 Å². The first kappa shape index (κ1) is 30.0. The van der Waals surface area contributed by atoms with Crippen LogP contribution >= 0.6 is 11.8 Å². The van der Waals surface area contributed by atoms with Crippen molar-refractivity contribution in [2.75, 3.05) is 18.6 Å². The number of carboxylic acids is 1. The second-order valence-corrected chi connectivity index (χ2v) is 9.48. The zero-order chi connectivity index (χ0) is 26.2. The van der Waals surface area contributed by atoms with Crippen molar-refractivity contribution in [3.05, 3.63) is 35.9 Å². The molecule has 35 heavy (non-hydrogen) atoms. The number of hydrogen-bond acceptors (Lipinski definition) is 6. The van der Waals surface area contributed by atoms with Crippen LogP contribution in [0.4, 0.5) is 0 Å². The topological polar surface area (TPSA) is 154 Å². The molecule has 194 valence electrons. The van der Waals surface area contributed by atoms with E-state index >= 15 is 0 Å². The van der Waals surface area contributed by atoms with Gasteiger partial charge in [0.1, 0.15) is 18.1 Å². The summed E-state index contributed by atoms with van der Waals surface area (Å²) in [4.78, 5) is 60.5. The maximum atomic E-state index is 13.2. The Kier molecular flexibility index (Phi) is 14.1. The maximum absolute atomic E-state index is 13.2. The lowest BCUT2D eigenvalue weighted by atomic mass is 10.0. The molecular weight excluding hydrogens is 472 g/mol. The van der Waals surface area contributed by atoms with Gasteiger partial charge >= 0.3 is 5.97 Å². The Hall–Kier alpha value is -3.08. The summed E-state index contributed by atoms with van der Waals surface area (Å²) >= 11 is 1.53. The highest BCUT2D eigenvalue weighted by atomic mass is 32.2. The highest BCUT2D eigenvalue weighted by Crippen LogP contribution is 2.09. The lowest BCUT2D eigenvalue weighted by Gasteiger charge is -2.26. The van der Waals surface area contributed by atoms with E-state index in [0.717, 1.165) is 5.56 Å². The second kappa shape index (κ2) is 16.5. The summed E-state index contributed by atoms with van der Waals surface area (Å²) in [6, 6.07) is 6.43. The number of carbonyl (C=O) groups excluding carboxylic acids is 4. The number of benzene rings is 1. The molecule has 11 heteroatoms. The quantitative estimate of drug-likeness (QED) is 0.194. The van der Waals surface area contributed by atoms with Gasteiger partial charge in [-0.3, -0.25) is 24.0 Å². The SMILES string of the molecule is CSCCC(NC=O)C(=O)NC(CC(C)C)C(=O)NC(Cc1ccccc1)C(=O)NCCC(=O)O. The van der Waals surface area contributed by atoms with Gasteiger partial charge in [0.05, 0.1) is 6.42 Å². The van der Waals surface area contributed by atoms with Gasteiger partial charge in [-0.05, 0) is 36.3 Å². The third-order valence-corrected chi connectivity index (χ3v) is 5.73. The first-order chi connectivity index (χ1) is 16.7. The standard InChI is InChI=1S/C24H36N4O6S/c1-16(2)13-19(27-23(33)18(26-15-29)10-12-35-3)24(34)28-20(14-17-7-5-4-6-8-17)22(32)25-11-9-21(30)31/h4-8,15-16,18-20H,9-14H2,1-3H3,(H,25,32)(H,26,29)(H,27,33)(H,28,34)(H,30,31). The molecule has 0 aliphatic heterocycles. The van der Waals surface area contributed by atoms with Crippen molar-refractivity contribution in [1.29, 1.82) is 0 Å². The molecule has 3 unspecified atom stereocenters. The van der Waals surface area contributed by atoms with Gasteiger partial charge in [-0.1, -0.05) is 44.2 Å². The minimum Gasteiger partial charge on any atom is -0.481 e. The van der Waals surface area contributed by atoms with Crippen LogP contribution < -0.4 is 21.3 Å². The van der Waals surface area contributed by atoms with Crippen LogP contribution in [0, 0.1) is 5.92 Å². The highest BCUT2D eigenvalue weighted by molar-refractivity contribution is 7.98. The number of aliphatic carboxylic acids is 1. The third kappa shape index (κ3) is 12.3.